The van der Waals surface area contributed by atoms with Crippen LogP contribution >= 0.6 is 0 Å². The molecule has 1 amide bonds. The van der Waals surface area contributed by atoms with Gasteiger partial charge in [0.2, 0.25) is 0 Å². The monoisotopic (exact) mass is 287 g/mol. The SMILES string of the molecule is CC1(C(=O)O)CCCN1C(=O)C1=Cc2ccccc2OC1. The Kier molecular flexibility index (Phi) is 3.20. The van der Waals surface area contributed by atoms with Crippen LogP contribution in [0, 0.1) is 0 Å². The van der Waals surface area contributed by atoms with Gasteiger partial charge in [-0.2, -0.15) is 0 Å². The first-order valence-corrected chi connectivity index (χ1v) is 7.00. The molecule has 1 atom stereocenters. The average molecular weight is 287 g/mol. The molecular formula is C16H17NO4. The lowest BCUT2D eigenvalue weighted by atomic mass is 9.98. The summed E-state index contributed by atoms with van der Waals surface area (Å²) in [7, 11) is 0. The summed E-state index contributed by atoms with van der Waals surface area (Å²) in [5, 5.41) is 9.40. The number of hydrogen-bond acceptors (Lipinski definition) is 3. The molecule has 1 saturated heterocycles. The van der Waals surface area contributed by atoms with Gasteiger partial charge in [0.1, 0.15) is 17.9 Å². The highest BCUT2D eigenvalue weighted by Crippen LogP contribution is 2.33. The molecule has 0 spiro atoms. The van der Waals surface area contributed by atoms with Gasteiger partial charge in [-0.25, -0.2) is 4.79 Å². The maximum Gasteiger partial charge on any atom is 0.329 e. The van der Waals surface area contributed by atoms with Crippen molar-refractivity contribution in [3.63, 3.8) is 0 Å². The van der Waals surface area contributed by atoms with Crippen molar-refractivity contribution in [3.8, 4) is 5.75 Å². The third-order valence-corrected chi connectivity index (χ3v) is 4.25. The van der Waals surface area contributed by atoms with Crippen LogP contribution in [0.25, 0.3) is 6.08 Å². The Morgan fingerprint density at radius 2 is 2.10 bits per heavy atom. The molecule has 2 aliphatic rings. The summed E-state index contributed by atoms with van der Waals surface area (Å²) in [6, 6.07) is 7.48. The summed E-state index contributed by atoms with van der Waals surface area (Å²) in [5.74, 6) is -0.450. The van der Waals surface area contributed by atoms with E-state index < -0.39 is 11.5 Å². The summed E-state index contributed by atoms with van der Waals surface area (Å²) in [4.78, 5) is 25.6. The summed E-state index contributed by atoms with van der Waals surface area (Å²) < 4.78 is 5.58. The predicted octanol–water partition coefficient (Wildman–Crippen LogP) is 1.93. The van der Waals surface area contributed by atoms with Gasteiger partial charge in [0.25, 0.3) is 5.91 Å². The number of nitrogens with zero attached hydrogens (tertiary/aromatic N) is 1. The molecule has 5 heteroatoms. The van der Waals surface area contributed by atoms with Crippen molar-refractivity contribution in [2.24, 2.45) is 0 Å². The zero-order valence-corrected chi connectivity index (χ0v) is 11.8. The number of aliphatic carboxylic acids is 1. The number of rotatable bonds is 2. The minimum absolute atomic E-state index is 0.183. The zero-order chi connectivity index (χ0) is 15.0. The number of carbonyl (C=O) groups excluding carboxylic acids is 1. The topological polar surface area (TPSA) is 66.8 Å². The van der Waals surface area contributed by atoms with Crippen molar-refractivity contribution in [1.29, 1.82) is 0 Å². The number of para-hydroxylation sites is 1. The Morgan fingerprint density at radius 3 is 2.86 bits per heavy atom. The standard InChI is InChI=1S/C16H17NO4/c1-16(15(19)20)7-4-8-17(16)14(18)12-9-11-5-2-3-6-13(11)21-10-12/h2-3,5-6,9H,4,7-8,10H2,1H3,(H,19,20). The number of amides is 1. The first-order valence-electron chi connectivity index (χ1n) is 7.00. The van der Waals surface area contributed by atoms with E-state index in [2.05, 4.69) is 0 Å². The van der Waals surface area contributed by atoms with Crippen LogP contribution < -0.4 is 4.74 Å². The van der Waals surface area contributed by atoms with Crippen LogP contribution in [0.1, 0.15) is 25.3 Å². The van der Waals surface area contributed by atoms with Gasteiger partial charge < -0.3 is 14.7 Å². The van der Waals surface area contributed by atoms with E-state index in [9.17, 15) is 14.7 Å². The van der Waals surface area contributed by atoms with E-state index in [1.807, 2.05) is 24.3 Å². The van der Waals surface area contributed by atoms with E-state index >= 15 is 0 Å². The third kappa shape index (κ3) is 2.18. The van der Waals surface area contributed by atoms with Gasteiger partial charge >= 0.3 is 5.97 Å². The number of fused-ring (bicyclic) bond motifs is 1. The molecule has 0 radical (unpaired) electrons. The predicted molar refractivity (Wildman–Crippen MR) is 76.9 cm³/mol. The summed E-state index contributed by atoms with van der Waals surface area (Å²) in [6.45, 7) is 2.26. The van der Waals surface area contributed by atoms with Gasteiger partial charge in [-0.3, -0.25) is 4.79 Å². The van der Waals surface area contributed by atoms with Crippen LogP contribution in [-0.2, 0) is 9.59 Å². The Morgan fingerprint density at radius 1 is 1.33 bits per heavy atom. The Labute approximate surface area is 122 Å². The number of ether oxygens (including phenoxy) is 1. The van der Waals surface area contributed by atoms with E-state index in [1.165, 1.54) is 4.90 Å². The summed E-state index contributed by atoms with van der Waals surface area (Å²) in [6.07, 6.45) is 2.99. The molecule has 1 N–H and O–H groups in total. The molecule has 1 unspecified atom stereocenters. The van der Waals surface area contributed by atoms with Gasteiger partial charge in [0.05, 0.1) is 5.57 Å². The van der Waals surface area contributed by atoms with Crippen LogP contribution in [0.5, 0.6) is 5.75 Å². The molecule has 21 heavy (non-hydrogen) atoms. The number of likely N-dealkylation sites (tertiary alicyclic amines) is 1. The molecule has 1 aromatic rings. The highest BCUT2D eigenvalue weighted by molar-refractivity contribution is 6.01. The molecule has 3 rings (SSSR count). The fourth-order valence-corrected chi connectivity index (χ4v) is 2.92. The average Bonchev–Trinajstić information content (AvgIpc) is 2.89. The van der Waals surface area contributed by atoms with Crippen LogP contribution in [0.3, 0.4) is 0 Å². The van der Waals surface area contributed by atoms with E-state index in [0.717, 1.165) is 11.3 Å². The second-order valence-electron chi connectivity index (χ2n) is 5.64. The number of hydrogen-bond donors (Lipinski definition) is 1. The Balaban J connectivity index is 1.90. The molecular weight excluding hydrogens is 270 g/mol. The zero-order valence-electron chi connectivity index (χ0n) is 11.8. The van der Waals surface area contributed by atoms with Crippen molar-refractivity contribution in [3.05, 3.63) is 35.4 Å². The number of carboxylic acids is 1. The second-order valence-corrected chi connectivity index (χ2v) is 5.64. The van der Waals surface area contributed by atoms with Crippen molar-refractivity contribution in [2.45, 2.75) is 25.3 Å². The first-order chi connectivity index (χ1) is 10.0. The molecule has 0 aromatic heterocycles. The first kappa shape index (κ1) is 13.7. The molecule has 1 aromatic carbocycles. The smallest absolute Gasteiger partial charge is 0.329 e. The summed E-state index contributed by atoms with van der Waals surface area (Å²) >= 11 is 0. The highest BCUT2D eigenvalue weighted by atomic mass is 16.5. The minimum Gasteiger partial charge on any atom is -0.488 e. The van der Waals surface area contributed by atoms with Gasteiger partial charge in [-0.05, 0) is 31.9 Å². The van der Waals surface area contributed by atoms with Crippen LogP contribution in [-0.4, -0.2) is 40.6 Å². The number of carboxylic acid groups (broad SMARTS) is 1. The van der Waals surface area contributed by atoms with Crippen molar-refractivity contribution >= 4 is 18.0 Å². The molecule has 0 aliphatic carbocycles. The normalized spacial score (nSPS) is 24.0. The van der Waals surface area contributed by atoms with Crippen molar-refractivity contribution in [1.82, 2.24) is 4.90 Å². The van der Waals surface area contributed by atoms with E-state index in [1.54, 1.807) is 13.0 Å². The maximum absolute atomic E-state index is 12.6. The second kappa shape index (κ2) is 4.91. The largest absolute Gasteiger partial charge is 0.488 e. The van der Waals surface area contributed by atoms with Crippen LogP contribution in [0.15, 0.2) is 29.8 Å². The number of carbonyl (C=O) groups is 2. The molecule has 2 heterocycles. The van der Waals surface area contributed by atoms with Gasteiger partial charge in [-0.15, -0.1) is 0 Å². The molecule has 0 bridgehead atoms. The molecule has 5 nitrogen and oxygen atoms in total. The molecule has 1 fully saturated rings. The Bertz CT molecular complexity index is 637. The van der Waals surface area contributed by atoms with Crippen LogP contribution in [0.2, 0.25) is 0 Å². The van der Waals surface area contributed by atoms with E-state index in [0.29, 0.717) is 25.0 Å². The molecule has 110 valence electrons. The summed E-state index contributed by atoms with van der Waals surface area (Å²) in [5.41, 5.74) is 0.237. The molecule has 2 aliphatic heterocycles. The van der Waals surface area contributed by atoms with Gasteiger partial charge in [0.15, 0.2) is 0 Å². The minimum atomic E-state index is -1.12. The molecule has 0 saturated carbocycles. The lowest BCUT2D eigenvalue weighted by molar-refractivity contribution is -0.154. The van der Waals surface area contributed by atoms with Crippen molar-refractivity contribution in [2.75, 3.05) is 13.2 Å². The van der Waals surface area contributed by atoms with Crippen LogP contribution in [0.4, 0.5) is 0 Å². The number of benzene rings is 1. The van der Waals surface area contributed by atoms with Gasteiger partial charge in [-0.1, -0.05) is 18.2 Å². The highest BCUT2D eigenvalue weighted by Gasteiger charge is 2.46. The lowest BCUT2D eigenvalue weighted by Crippen LogP contribution is -2.51. The maximum atomic E-state index is 12.6. The van der Waals surface area contributed by atoms with Gasteiger partial charge in [0, 0.05) is 12.1 Å². The van der Waals surface area contributed by atoms with E-state index in [4.69, 9.17) is 4.74 Å². The fraction of sp³-hybridized carbons (Fsp3) is 0.375. The quantitative estimate of drug-likeness (QED) is 0.902. The third-order valence-electron chi connectivity index (χ3n) is 4.25. The van der Waals surface area contributed by atoms with Crippen molar-refractivity contribution < 1.29 is 19.4 Å². The van der Waals surface area contributed by atoms with E-state index in [-0.39, 0.29) is 12.5 Å². The Hall–Kier alpha value is -2.30. The fourth-order valence-electron chi connectivity index (χ4n) is 2.92. The lowest BCUT2D eigenvalue weighted by Gasteiger charge is -2.32.